The first-order chi connectivity index (χ1) is 12.0. The van der Waals surface area contributed by atoms with Crippen molar-refractivity contribution in [1.29, 1.82) is 0 Å². The first-order valence-electron chi connectivity index (χ1n) is 10.0. The number of esters is 2. The van der Waals surface area contributed by atoms with Gasteiger partial charge in [-0.1, -0.05) is 31.4 Å². The van der Waals surface area contributed by atoms with Crippen molar-refractivity contribution in [3.8, 4) is 0 Å². The Kier molecular flexibility index (Phi) is 5.85. The van der Waals surface area contributed by atoms with Gasteiger partial charge in [0.15, 0.2) is 0 Å². The molecule has 0 aliphatic heterocycles. The molecule has 4 heteroatoms. The fourth-order valence-corrected chi connectivity index (χ4v) is 4.77. The zero-order chi connectivity index (χ0) is 17.9. The van der Waals surface area contributed by atoms with Gasteiger partial charge in [0.1, 0.15) is 5.60 Å². The monoisotopic (exact) mass is 348 g/mol. The van der Waals surface area contributed by atoms with Crippen LogP contribution < -0.4 is 0 Å². The molecule has 0 N–H and O–H groups in total. The molecule has 3 unspecified atom stereocenters. The van der Waals surface area contributed by atoms with Crippen molar-refractivity contribution in [1.82, 2.24) is 0 Å². The second-order valence-corrected chi connectivity index (χ2v) is 8.57. The van der Waals surface area contributed by atoms with Gasteiger partial charge in [-0.25, -0.2) is 0 Å². The highest BCUT2D eigenvalue weighted by Crippen LogP contribution is 2.43. The summed E-state index contributed by atoms with van der Waals surface area (Å²) < 4.78 is 11.1. The fourth-order valence-electron chi connectivity index (χ4n) is 4.77. The van der Waals surface area contributed by atoms with Crippen LogP contribution in [0.5, 0.6) is 0 Å². The van der Waals surface area contributed by atoms with E-state index >= 15 is 0 Å². The third-order valence-electron chi connectivity index (χ3n) is 6.32. The van der Waals surface area contributed by atoms with Gasteiger partial charge in [0.2, 0.25) is 0 Å². The van der Waals surface area contributed by atoms with Crippen molar-refractivity contribution < 1.29 is 19.1 Å². The zero-order valence-corrected chi connectivity index (χ0v) is 15.7. The van der Waals surface area contributed by atoms with E-state index in [1.54, 1.807) is 0 Å². The van der Waals surface area contributed by atoms with Crippen molar-refractivity contribution in [2.45, 2.75) is 77.2 Å². The summed E-state index contributed by atoms with van der Waals surface area (Å²) in [5, 5.41) is 0. The molecule has 2 bridgehead atoms. The Bertz CT molecular complexity index is 516. The van der Waals surface area contributed by atoms with Crippen molar-refractivity contribution in [3.63, 3.8) is 0 Å². The van der Waals surface area contributed by atoms with Crippen LogP contribution in [-0.4, -0.2) is 24.1 Å². The highest BCUT2D eigenvalue weighted by atomic mass is 16.6. The molecule has 3 atom stereocenters. The number of carbonyl (C=O) groups excluding carboxylic acids is 2. The molecular formula is C21H32O4. The summed E-state index contributed by atoms with van der Waals surface area (Å²) in [5.41, 5.74) is -0.385. The van der Waals surface area contributed by atoms with E-state index in [1.807, 2.05) is 13.8 Å². The van der Waals surface area contributed by atoms with E-state index < -0.39 is 0 Å². The van der Waals surface area contributed by atoms with E-state index in [4.69, 9.17) is 9.47 Å². The highest BCUT2D eigenvalue weighted by molar-refractivity contribution is 5.74. The van der Waals surface area contributed by atoms with Gasteiger partial charge in [0.05, 0.1) is 12.5 Å². The lowest BCUT2D eigenvalue weighted by Crippen LogP contribution is -2.37. The minimum Gasteiger partial charge on any atom is -0.465 e. The molecule has 140 valence electrons. The van der Waals surface area contributed by atoms with E-state index in [-0.39, 0.29) is 23.5 Å². The molecule has 0 radical (unpaired) electrons. The van der Waals surface area contributed by atoms with Gasteiger partial charge in [-0.3, -0.25) is 9.59 Å². The molecule has 3 aliphatic carbocycles. The van der Waals surface area contributed by atoms with E-state index in [1.165, 1.54) is 19.3 Å². The first-order valence-corrected chi connectivity index (χ1v) is 10.0. The topological polar surface area (TPSA) is 52.6 Å². The molecule has 2 saturated carbocycles. The Labute approximate surface area is 151 Å². The lowest BCUT2D eigenvalue weighted by Gasteiger charge is -2.36. The highest BCUT2D eigenvalue weighted by Gasteiger charge is 2.40. The summed E-state index contributed by atoms with van der Waals surface area (Å²) in [4.78, 5) is 24.3. The van der Waals surface area contributed by atoms with Gasteiger partial charge in [-0.05, 0) is 63.7 Å². The van der Waals surface area contributed by atoms with Gasteiger partial charge in [0.25, 0.3) is 0 Å². The average molecular weight is 348 g/mol. The zero-order valence-electron chi connectivity index (χ0n) is 15.7. The smallest absolute Gasteiger partial charge is 0.309 e. The van der Waals surface area contributed by atoms with Crippen molar-refractivity contribution >= 4 is 11.9 Å². The SMILES string of the molecule is CC(C)(OC(=O)CCCOC(=O)C1CC2C=CC1C2)C1CCCCC1. The summed E-state index contributed by atoms with van der Waals surface area (Å²) in [7, 11) is 0. The Balaban J connectivity index is 1.32. The van der Waals surface area contributed by atoms with Gasteiger partial charge in [-0.2, -0.15) is 0 Å². The maximum absolute atomic E-state index is 12.1. The molecule has 2 fully saturated rings. The van der Waals surface area contributed by atoms with Crippen LogP contribution in [0.3, 0.4) is 0 Å². The van der Waals surface area contributed by atoms with Crippen LogP contribution in [0.25, 0.3) is 0 Å². The number of fused-ring (bicyclic) bond motifs is 2. The van der Waals surface area contributed by atoms with Crippen LogP contribution in [0, 0.1) is 23.7 Å². The molecule has 4 nitrogen and oxygen atoms in total. The fraction of sp³-hybridized carbons (Fsp3) is 0.810. The number of carbonyl (C=O) groups is 2. The molecule has 3 rings (SSSR count). The number of hydrogen-bond acceptors (Lipinski definition) is 4. The summed E-state index contributed by atoms with van der Waals surface area (Å²) in [5.74, 6) is 1.18. The molecule has 0 aromatic heterocycles. The quantitative estimate of drug-likeness (QED) is 0.388. The predicted octanol–water partition coefficient (Wildman–Crippen LogP) is 4.42. The third kappa shape index (κ3) is 4.65. The lowest BCUT2D eigenvalue weighted by atomic mass is 9.79. The van der Waals surface area contributed by atoms with E-state index in [9.17, 15) is 9.59 Å². The van der Waals surface area contributed by atoms with Crippen LogP contribution in [0.2, 0.25) is 0 Å². The number of allylic oxidation sites excluding steroid dienone is 2. The predicted molar refractivity (Wildman–Crippen MR) is 95.8 cm³/mol. The Morgan fingerprint density at radius 3 is 2.48 bits per heavy atom. The van der Waals surface area contributed by atoms with E-state index in [0.29, 0.717) is 37.2 Å². The minimum absolute atomic E-state index is 0.0344. The number of ether oxygens (including phenoxy) is 2. The summed E-state index contributed by atoms with van der Waals surface area (Å²) in [6.07, 6.45) is 13.3. The van der Waals surface area contributed by atoms with Gasteiger partial charge < -0.3 is 9.47 Å². The van der Waals surface area contributed by atoms with Crippen LogP contribution in [0.15, 0.2) is 12.2 Å². The Hall–Kier alpha value is -1.32. The van der Waals surface area contributed by atoms with Gasteiger partial charge in [-0.15, -0.1) is 0 Å². The number of rotatable bonds is 7. The Morgan fingerprint density at radius 1 is 1.08 bits per heavy atom. The molecule has 0 spiro atoms. The normalized spacial score (nSPS) is 29.0. The first kappa shape index (κ1) is 18.5. The maximum atomic E-state index is 12.1. The van der Waals surface area contributed by atoms with Crippen LogP contribution in [0.1, 0.15) is 71.6 Å². The molecule has 0 aromatic carbocycles. The lowest BCUT2D eigenvalue weighted by molar-refractivity contribution is -0.164. The van der Waals surface area contributed by atoms with E-state index in [0.717, 1.165) is 25.7 Å². The summed E-state index contributed by atoms with van der Waals surface area (Å²) in [6.45, 7) is 4.38. The molecule has 0 amide bonds. The summed E-state index contributed by atoms with van der Waals surface area (Å²) >= 11 is 0. The number of hydrogen-bond donors (Lipinski definition) is 0. The second kappa shape index (κ2) is 7.92. The summed E-state index contributed by atoms with van der Waals surface area (Å²) in [6, 6.07) is 0. The average Bonchev–Trinajstić information content (AvgIpc) is 3.22. The molecule has 0 heterocycles. The van der Waals surface area contributed by atoms with Gasteiger partial charge >= 0.3 is 11.9 Å². The maximum Gasteiger partial charge on any atom is 0.309 e. The van der Waals surface area contributed by atoms with E-state index in [2.05, 4.69) is 12.2 Å². The minimum atomic E-state index is -0.385. The van der Waals surface area contributed by atoms with Crippen molar-refractivity contribution in [3.05, 3.63) is 12.2 Å². The Morgan fingerprint density at radius 2 is 1.84 bits per heavy atom. The second-order valence-electron chi connectivity index (χ2n) is 8.57. The standard InChI is InChI=1S/C21H32O4/c1-21(2,17-7-4-3-5-8-17)25-19(22)9-6-12-24-20(23)18-14-15-10-11-16(18)13-15/h10-11,15-18H,3-9,12-14H2,1-2H3. The van der Waals surface area contributed by atoms with Gasteiger partial charge in [0, 0.05) is 6.42 Å². The molecule has 0 saturated heterocycles. The molecule has 0 aromatic rings. The third-order valence-corrected chi connectivity index (χ3v) is 6.32. The largest absolute Gasteiger partial charge is 0.465 e. The van der Waals surface area contributed by atoms with Crippen LogP contribution in [-0.2, 0) is 19.1 Å². The van der Waals surface area contributed by atoms with Crippen molar-refractivity contribution in [2.75, 3.05) is 6.61 Å². The molecule has 25 heavy (non-hydrogen) atoms. The molecular weight excluding hydrogens is 316 g/mol. The van der Waals surface area contributed by atoms with Crippen molar-refractivity contribution in [2.24, 2.45) is 23.7 Å². The van der Waals surface area contributed by atoms with Crippen LogP contribution >= 0.6 is 0 Å². The van der Waals surface area contributed by atoms with Crippen LogP contribution in [0.4, 0.5) is 0 Å². The molecule has 3 aliphatic rings.